The Hall–Kier alpha value is -1.07. The van der Waals surface area contributed by atoms with Gasteiger partial charge in [0.05, 0.1) is 6.61 Å². The van der Waals surface area contributed by atoms with Crippen molar-refractivity contribution in [2.24, 2.45) is 0 Å². The highest BCUT2D eigenvalue weighted by Crippen LogP contribution is 2.28. The number of rotatable bonds is 7. The Morgan fingerprint density at radius 3 is 2.84 bits per heavy atom. The first kappa shape index (κ1) is 16.0. The van der Waals surface area contributed by atoms with Gasteiger partial charge in [-0.2, -0.15) is 0 Å². The molecule has 4 nitrogen and oxygen atoms in total. The average Bonchev–Trinajstić information content (AvgIpc) is 2.37. The largest absolute Gasteiger partial charge is 0.483 e. The van der Waals surface area contributed by atoms with Crippen molar-refractivity contribution in [2.75, 3.05) is 13.2 Å². The number of nitrogens with one attached hydrogen (secondary N) is 1. The van der Waals surface area contributed by atoms with Crippen molar-refractivity contribution >= 4 is 21.8 Å². The number of unbranched alkanes of at least 4 members (excludes halogenated alkanes) is 1. The highest BCUT2D eigenvalue weighted by molar-refractivity contribution is 9.10. The highest BCUT2D eigenvalue weighted by atomic mass is 79.9. The molecule has 0 radical (unpaired) electrons. The smallest absolute Gasteiger partial charge is 0.257 e. The Labute approximate surface area is 122 Å². The lowest BCUT2D eigenvalue weighted by Crippen LogP contribution is -2.29. The number of halogens is 1. The molecule has 0 spiro atoms. The number of aryl methyl sites for hydroxylation is 1. The van der Waals surface area contributed by atoms with Crippen LogP contribution in [0.4, 0.5) is 0 Å². The molecule has 1 rings (SSSR count). The number of aliphatic hydroxyl groups is 1. The standard InChI is InChI=1S/C14H20BrNO3/c1-3-4-5-16-13(18)9-19-14-10(2)6-12(15)7-11(14)8-17/h6-7,17H,3-5,8-9H2,1-2H3,(H,16,18). The average molecular weight is 330 g/mol. The molecule has 1 aromatic rings. The SMILES string of the molecule is CCCCNC(=O)COc1c(C)cc(Br)cc1CO. The Kier molecular flexibility index (Phi) is 6.87. The minimum absolute atomic E-state index is 0.0286. The summed E-state index contributed by atoms with van der Waals surface area (Å²) in [5.74, 6) is 0.441. The van der Waals surface area contributed by atoms with Crippen LogP contribution in [-0.4, -0.2) is 24.2 Å². The molecular weight excluding hydrogens is 310 g/mol. The topological polar surface area (TPSA) is 58.6 Å². The number of carbonyl (C=O) groups excluding carboxylic acids is 1. The summed E-state index contributed by atoms with van der Waals surface area (Å²) in [6.45, 7) is 4.48. The Bertz CT molecular complexity index is 435. The molecule has 0 aromatic heterocycles. The van der Waals surface area contributed by atoms with E-state index in [1.54, 1.807) is 6.07 Å². The second-order valence-corrected chi connectivity index (χ2v) is 5.28. The second-order valence-electron chi connectivity index (χ2n) is 4.36. The van der Waals surface area contributed by atoms with Gasteiger partial charge in [-0.05, 0) is 31.0 Å². The van der Waals surface area contributed by atoms with Gasteiger partial charge in [0.1, 0.15) is 5.75 Å². The van der Waals surface area contributed by atoms with Crippen LogP contribution in [0.15, 0.2) is 16.6 Å². The summed E-state index contributed by atoms with van der Waals surface area (Å²) in [6, 6.07) is 3.68. The maximum absolute atomic E-state index is 11.6. The van der Waals surface area contributed by atoms with Gasteiger partial charge in [0.15, 0.2) is 6.61 Å². The van der Waals surface area contributed by atoms with Crippen molar-refractivity contribution in [3.8, 4) is 5.75 Å². The van der Waals surface area contributed by atoms with E-state index in [1.807, 2.05) is 13.0 Å². The monoisotopic (exact) mass is 329 g/mol. The summed E-state index contributed by atoms with van der Waals surface area (Å²) in [4.78, 5) is 11.6. The molecule has 0 heterocycles. The molecule has 0 unspecified atom stereocenters. The Morgan fingerprint density at radius 2 is 2.21 bits per heavy atom. The van der Waals surface area contributed by atoms with E-state index in [0.29, 0.717) is 17.9 Å². The molecular formula is C14H20BrNO3. The quantitative estimate of drug-likeness (QED) is 0.756. The van der Waals surface area contributed by atoms with Gasteiger partial charge in [-0.25, -0.2) is 0 Å². The molecule has 19 heavy (non-hydrogen) atoms. The van der Waals surface area contributed by atoms with E-state index in [0.717, 1.165) is 22.9 Å². The molecule has 0 aliphatic rings. The van der Waals surface area contributed by atoms with Crippen LogP contribution >= 0.6 is 15.9 Å². The molecule has 0 atom stereocenters. The van der Waals surface area contributed by atoms with E-state index < -0.39 is 0 Å². The van der Waals surface area contributed by atoms with E-state index in [9.17, 15) is 9.90 Å². The lowest BCUT2D eigenvalue weighted by Gasteiger charge is -2.13. The summed E-state index contributed by atoms with van der Waals surface area (Å²) in [6.07, 6.45) is 2.01. The van der Waals surface area contributed by atoms with Gasteiger partial charge in [0, 0.05) is 16.6 Å². The molecule has 5 heteroatoms. The predicted molar refractivity (Wildman–Crippen MR) is 78.2 cm³/mol. The van der Waals surface area contributed by atoms with Gasteiger partial charge in [-0.1, -0.05) is 29.3 Å². The lowest BCUT2D eigenvalue weighted by atomic mass is 10.1. The molecule has 106 valence electrons. The van der Waals surface area contributed by atoms with Gasteiger partial charge >= 0.3 is 0 Å². The second kappa shape index (κ2) is 8.17. The maximum Gasteiger partial charge on any atom is 0.257 e. The number of hydrogen-bond acceptors (Lipinski definition) is 3. The Morgan fingerprint density at radius 1 is 1.47 bits per heavy atom. The predicted octanol–water partition coefficient (Wildman–Crippen LogP) is 2.54. The molecule has 0 aliphatic heterocycles. The fourth-order valence-electron chi connectivity index (χ4n) is 1.72. The molecule has 1 aromatic carbocycles. The van der Waals surface area contributed by atoms with Crippen LogP contribution in [0.2, 0.25) is 0 Å². The van der Waals surface area contributed by atoms with Crippen molar-refractivity contribution in [1.29, 1.82) is 0 Å². The highest BCUT2D eigenvalue weighted by Gasteiger charge is 2.10. The van der Waals surface area contributed by atoms with Crippen molar-refractivity contribution in [2.45, 2.75) is 33.3 Å². The van der Waals surface area contributed by atoms with Crippen molar-refractivity contribution in [3.05, 3.63) is 27.7 Å². The lowest BCUT2D eigenvalue weighted by molar-refractivity contribution is -0.123. The molecule has 1 amide bonds. The third-order valence-electron chi connectivity index (χ3n) is 2.69. The van der Waals surface area contributed by atoms with E-state index >= 15 is 0 Å². The number of hydrogen-bond donors (Lipinski definition) is 2. The van der Waals surface area contributed by atoms with Crippen LogP contribution in [0.5, 0.6) is 5.75 Å². The summed E-state index contributed by atoms with van der Waals surface area (Å²) >= 11 is 3.36. The van der Waals surface area contributed by atoms with Crippen LogP contribution in [-0.2, 0) is 11.4 Å². The first-order valence-corrected chi connectivity index (χ1v) is 7.17. The fraction of sp³-hybridized carbons (Fsp3) is 0.500. The number of amides is 1. The van der Waals surface area contributed by atoms with Gasteiger partial charge in [-0.15, -0.1) is 0 Å². The van der Waals surface area contributed by atoms with Gasteiger partial charge in [-0.3, -0.25) is 4.79 Å². The summed E-state index contributed by atoms with van der Waals surface area (Å²) in [5.41, 5.74) is 1.56. The number of carbonyl (C=O) groups is 1. The zero-order valence-electron chi connectivity index (χ0n) is 11.3. The maximum atomic E-state index is 11.6. The van der Waals surface area contributed by atoms with E-state index in [1.165, 1.54) is 0 Å². The molecule has 0 saturated heterocycles. The van der Waals surface area contributed by atoms with Crippen molar-refractivity contribution in [1.82, 2.24) is 5.32 Å². The third-order valence-corrected chi connectivity index (χ3v) is 3.14. The molecule has 0 fully saturated rings. The minimum atomic E-state index is -0.139. The fourth-order valence-corrected chi connectivity index (χ4v) is 2.34. The van der Waals surface area contributed by atoms with Crippen LogP contribution in [0.3, 0.4) is 0 Å². The van der Waals surface area contributed by atoms with Crippen LogP contribution < -0.4 is 10.1 Å². The number of ether oxygens (including phenoxy) is 1. The van der Waals surface area contributed by atoms with Crippen molar-refractivity contribution < 1.29 is 14.6 Å². The first-order chi connectivity index (χ1) is 9.08. The van der Waals surface area contributed by atoms with Gasteiger partial charge < -0.3 is 15.2 Å². The zero-order valence-corrected chi connectivity index (χ0v) is 12.9. The first-order valence-electron chi connectivity index (χ1n) is 6.37. The molecule has 0 bridgehead atoms. The van der Waals surface area contributed by atoms with E-state index in [-0.39, 0.29) is 19.1 Å². The van der Waals surface area contributed by atoms with Crippen LogP contribution in [0.1, 0.15) is 30.9 Å². The number of benzene rings is 1. The van der Waals surface area contributed by atoms with Crippen molar-refractivity contribution in [3.63, 3.8) is 0 Å². The van der Waals surface area contributed by atoms with Crippen LogP contribution in [0, 0.1) is 6.92 Å². The summed E-state index contributed by atoms with van der Waals surface area (Å²) in [5, 5.41) is 12.1. The minimum Gasteiger partial charge on any atom is -0.483 e. The summed E-state index contributed by atoms with van der Waals surface area (Å²) in [7, 11) is 0. The van der Waals surface area contributed by atoms with E-state index in [2.05, 4.69) is 28.2 Å². The molecule has 0 saturated carbocycles. The molecule has 2 N–H and O–H groups in total. The third kappa shape index (κ3) is 5.20. The van der Waals surface area contributed by atoms with Gasteiger partial charge in [0.2, 0.25) is 0 Å². The molecule has 0 aliphatic carbocycles. The number of aliphatic hydroxyl groups excluding tert-OH is 1. The van der Waals surface area contributed by atoms with Gasteiger partial charge in [0.25, 0.3) is 5.91 Å². The zero-order chi connectivity index (χ0) is 14.3. The van der Waals surface area contributed by atoms with E-state index in [4.69, 9.17) is 4.74 Å². The van der Waals surface area contributed by atoms with Crippen LogP contribution in [0.25, 0.3) is 0 Å². The normalized spacial score (nSPS) is 10.3. The Balaban J connectivity index is 2.60. The summed E-state index contributed by atoms with van der Waals surface area (Å²) < 4.78 is 6.40.